The molecule has 0 unspecified atom stereocenters. The van der Waals surface area contributed by atoms with Crippen LogP contribution in [0.25, 0.3) is 12.2 Å². The Morgan fingerprint density at radius 1 is 0.913 bits per heavy atom. The summed E-state index contributed by atoms with van der Waals surface area (Å²) in [6, 6.07) is 13.1. The molecular formula is C41H53N3O2. The number of unbranched alkanes of at least 4 members (excludes halogenated alkanes) is 5. The summed E-state index contributed by atoms with van der Waals surface area (Å²) in [6.45, 7) is 12.9. The number of aryl methyl sites for hydroxylation is 2. The van der Waals surface area contributed by atoms with Gasteiger partial charge in [-0.1, -0.05) is 58.2 Å². The van der Waals surface area contributed by atoms with Crippen molar-refractivity contribution >= 4 is 23.7 Å². The molecule has 0 aromatic heterocycles. The average Bonchev–Trinajstić information content (AvgIpc) is 3.08. The van der Waals surface area contributed by atoms with E-state index in [1.54, 1.807) is 0 Å². The number of nitrogens with one attached hydrogen (secondary N) is 1. The first kappa shape index (κ1) is 32.4. The van der Waals surface area contributed by atoms with E-state index in [-0.39, 0.29) is 5.91 Å². The molecule has 0 atom stereocenters. The number of fused-ring (bicyclic) bond motifs is 3. The normalized spacial score (nSPS) is 14.8. The van der Waals surface area contributed by atoms with Crippen LogP contribution in [0.4, 0.5) is 5.69 Å². The van der Waals surface area contributed by atoms with Gasteiger partial charge in [0.1, 0.15) is 11.5 Å². The summed E-state index contributed by atoms with van der Waals surface area (Å²) in [4.78, 5) is 15.7. The van der Waals surface area contributed by atoms with Gasteiger partial charge in [-0.05, 0) is 117 Å². The molecule has 0 radical (unpaired) electrons. The summed E-state index contributed by atoms with van der Waals surface area (Å²) < 4.78 is 7.15. The highest BCUT2D eigenvalue weighted by atomic mass is 16.5. The van der Waals surface area contributed by atoms with Gasteiger partial charge in [0.25, 0.3) is 5.91 Å². The number of carbonyl (C=O) groups excluding carboxylic acids is 1. The van der Waals surface area contributed by atoms with Crippen LogP contribution in [-0.2, 0) is 25.7 Å². The summed E-state index contributed by atoms with van der Waals surface area (Å²) in [6.07, 6.45) is 15.3. The van der Waals surface area contributed by atoms with E-state index >= 15 is 0 Å². The van der Waals surface area contributed by atoms with Gasteiger partial charge >= 0.3 is 0 Å². The van der Waals surface area contributed by atoms with E-state index in [1.165, 1.54) is 50.7 Å². The summed E-state index contributed by atoms with van der Waals surface area (Å²) in [5.41, 5.74) is 16.8. The first-order chi connectivity index (χ1) is 22.5. The maximum atomic E-state index is 13.1. The maximum absolute atomic E-state index is 13.1. The summed E-state index contributed by atoms with van der Waals surface area (Å²) >= 11 is 0. The van der Waals surface area contributed by atoms with Crippen molar-refractivity contribution in [2.45, 2.75) is 104 Å². The maximum Gasteiger partial charge on any atom is 0.251 e. The van der Waals surface area contributed by atoms with Gasteiger partial charge < -0.3 is 20.7 Å². The fourth-order valence-corrected chi connectivity index (χ4v) is 7.74. The largest absolute Gasteiger partial charge is 0.455 e. The number of hydrogen-bond acceptors (Lipinski definition) is 4. The molecule has 3 N–H and O–H groups in total. The minimum absolute atomic E-state index is 0.00727. The third kappa shape index (κ3) is 6.49. The number of hydrogen-bond donors (Lipinski definition) is 2. The zero-order valence-electron chi connectivity index (χ0n) is 28.2. The molecule has 0 fully saturated rings. The van der Waals surface area contributed by atoms with Crippen LogP contribution in [0.1, 0.15) is 122 Å². The molecule has 5 heteroatoms. The Balaban J connectivity index is 1.48. The van der Waals surface area contributed by atoms with Gasteiger partial charge in [-0.3, -0.25) is 4.79 Å². The van der Waals surface area contributed by atoms with E-state index in [0.717, 1.165) is 125 Å². The molecule has 46 heavy (non-hydrogen) atoms. The number of carbonyl (C=O) groups is 1. The number of rotatable bonds is 14. The Morgan fingerprint density at radius 3 is 2.41 bits per heavy atom. The minimum atomic E-state index is -0.00727. The number of nitrogens with zero attached hydrogens (tertiary/aromatic N) is 1. The van der Waals surface area contributed by atoms with Crippen LogP contribution in [-0.4, -0.2) is 32.1 Å². The summed E-state index contributed by atoms with van der Waals surface area (Å²) in [7, 11) is 0. The van der Waals surface area contributed by atoms with Crippen molar-refractivity contribution in [1.82, 2.24) is 5.32 Å². The van der Waals surface area contributed by atoms with Crippen molar-refractivity contribution in [3.63, 3.8) is 0 Å². The average molecular weight is 620 g/mol. The van der Waals surface area contributed by atoms with Gasteiger partial charge in [0.15, 0.2) is 0 Å². The Bertz CT molecular complexity index is 1670. The molecule has 0 saturated carbocycles. The fourth-order valence-electron chi connectivity index (χ4n) is 7.74. The molecule has 0 saturated heterocycles. The molecule has 3 heterocycles. The molecule has 6 rings (SSSR count). The van der Waals surface area contributed by atoms with E-state index in [4.69, 9.17) is 10.5 Å². The predicted octanol–water partition coefficient (Wildman–Crippen LogP) is 7.08. The molecular weight excluding hydrogens is 566 g/mol. The zero-order chi connectivity index (χ0) is 32.0. The number of benzene rings is 3. The van der Waals surface area contributed by atoms with E-state index in [1.807, 2.05) is 12.1 Å². The van der Waals surface area contributed by atoms with E-state index in [2.05, 4.69) is 54.9 Å². The van der Waals surface area contributed by atoms with Crippen molar-refractivity contribution < 1.29 is 9.53 Å². The lowest BCUT2D eigenvalue weighted by Gasteiger charge is -2.39. The third-order valence-corrected chi connectivity index (χ3v) is 10.2. The van der Waals surface area contributed by atoms with Crippen molar-refractivity contribution in [2.24, 2.45) is 5.73 Å². The highest BCUT2D eigenvalue weighted by molar-refractivity contribution is 5.95. The van der Waals surface area contributed by atoms with Gasteiger partial charge in [0.2, 0.25) is 0 Å². The number of ether oxygens (including phenoxy) is 1. The molecule has 0 spiro atoms. The third-order valence-electron chi connectivity index (χ3n) is 10.2. The predicted molar refractivity (Wildman–Crippen MR) is 192 cm³/mol. The molecule has 3 aliphatic heterocycles. The van der Waals surface area contributed by atoms with Crippen LogP contribution in [0.3, 0.4) is 0 Å². The Kier molecular flexibility index (Phi) is 10.5. The van der Waals surface area contributed by atoms with Crippen LogP contribution in [0, 0.1) is 0 Å². The topological polar surface area (TPSA) is 67.6 Å². The highest BCUT2D eigenvalue weighted by Crippen LogP contribution is 2.48. The van der Waals surface area contributed by atoms with Crippen LogP contribution < -0.4 is 31.1 Å². The van der Waals surface area contributed by atoms with Gasteiger partial charge in [0, 0.05) is 58.4 Å². The van der Waals surface area contributed by atoms with Crippen LogP contribution in [0.2, 0.25) is 0 Å². The lowest BCUT2D eigenvalue weighted by molar-refractivity contribution is 0.0953. The molecule has 5 nitrogen and oxygen atoms in total. The van der Waals surface area contributed by atoms with Crippen molar-refractivity contribution in [2.75, 3.05) is 31.1 Å². The lowest BCUT2D eigenvalue weighted by Crippen LogP contribution is -2.35. The SMILES string of the molecule is C=c1c(CCCC)cc2c(c1CCCC)Oc1c(cc3c4c1CCCN4CCC3)C=2c1ccc(C(=O)NCCCCCCN)cc1. The van der Waals surface area contributed by atoms with Gasteiger partial charge in [-0.15, -0.1) is 0 Å². The molecule has 1 amide bonds. The van der Waals surface area contributed by atoms with Crippen molar-refractivity contribution in [1.29, 1.82) is 0 Å². The van der Waals surface area contributed by atoms with Gasteiger partial charge in [-0.2, -0.15) is 0 Å². The summed E-state index contributed by atoms with van der Waals surface area (Å²) in [5, 5.41) is 5.46. The second-order valence-electron chi connectivity index (χ2n) is 13.5. The van der Waals surface area contributed by atoms with Crippen LogP contribution in [0.5, 0.6) is 11.5 Å². The Hall–Kier alpha value is -3.57. The molecule has 244 valence electrons. The van der Waals surface area contributed by atoms with Crippen LogP contribution in [0.15, 0.2) is 36.4 Å². The lowest BCUT2D eigenvalue weighted by atomic mass is 9.83. The molecule has 3 aromatic rings. The van der Waals surface area contributed by atoms with E-state index in [9.17, 15) is 4.79 Å². The number of amides is 1. The Labute approximate surface area is 275 Å². The van der Waals surface area contributed by atoms with Crippen molar-refractivity contribution in [3.05, 3.63) is 85.8 Å². The summed E-state index contributed by atoms with van der Waals surface area (Å²) in [5.74, 6) is 2.04. The highest BCUT2D eigenvalue weighted by Gasteiger charge is 2.33. The Morgan fingerprint density at radius 2 is 1.65 bits per heavy atom. The molecule has 3 aliphatic rings. The second-order valence-corrected chi connectivity index (χ2v) is 13.5. The number of anilines is 1. The quantitative estimate of drug-likeness (QED) is 0.148. The smallest absolute Gasteiger partial charge is 0.251 e. The van der Waals surface area contributed by atoms with Gasteiger partial charge in [0.05, 0.1) is 0 Å². The number of nitrogens with two attached hydrogens (primary N) is 1. The van der Waals surface area contributed by atoms with E-state index in [0.29, 0.717) is 12.1 Å². The standard InChI is InChI=1S/C41H53N3O2/c1-4-6-14-31-26-35-37(29-18-20-30(21-19-29)41(45)43-23-11-9-8-10-22-42)36-27-32-15-12-24-44-25-13-17-34(38(32)44)40(36)46-39(35)33(28(31)3)16-7-5-2/h18-21,26-27H,3-17,22-25,42H2,1-2H3,(H,43,45). The monoisotopic (exact) mass is 619 g/mol. The second kappa shape index (κ2) is 14.9. The molecule has 0 aliphatic carbocycles. The van der Waals surface area contributed by atoms with E-state index < -0.39 is 0 Å². The minimum Gasteiger partial charge on any atom is -0.455 e. The van der Waals surface area contributed by atoms with Crippen molar-refractivity contribution in [3.8, 4) is 11.5 Å². The molecule has 0 bridgehead atoms. The fraction of sp³-hybridized carbons (Fsp3) is 0.488. The molecule has 3 aromatic carbocycles. The zero-order valence-corrected chi connectivity index (χ0v) is 28.2. The van der Waals surface area contributed by atoms with Crippen LogP contribution >= 0.6 is 0 Å². The first-order valence-electron chi connectivity index (χ1n) is 18.1. The first-order valence-corrected chi connectivity index (χ1v) is 18.1. The van der Waals surface area contributed by atoms with Gasteiger partial charge in [-0.25, -0.2) is 0 Å².